The number of alkyl halides is 2. The van der Waals surface area contributed by atoms with Gasteiger partial charge in [0.05, 0.1) is 49.4 Å². The standard InChI is InChI=1S/C34H27Br2Cl4N5O9/c1-42-17-11-20(53-3)19(52-2)10-16(17)41-15(30(42)49)6-7-43-31(50)44-8-5-13-18(45(44)32(43)51)12-33(39)28(47)25(37)26(38)29(48)34(33,40)22(13)14-9-21(54-4)27(46)24(36)23(14)35/h5,9-11,18,22,46H,6-8,12H2,1-4H3. The third-order valence-electron chi connectivity index (χ3n) is 10.3. The zero-order chi connectivity index (χ0) is 39.3. The third kappa shape index (κ3) is 5.23. The van der Waals surface area contributed by atoms with Gasteiger partial charge in [-0.15, -0.1) is 23.2 Å². The highest BCUT2D eigenvalue weighted by Crippen LogP contribution is 2.65. The van der Waals surface area contributed by atoms with Gasteiger partial charge in [0.1, 0.15) is 25.5 Å². The molecule has 1 aliphatic heterocycles. The van der Waals surface area contributed by atoms with Crippen LogP contribution in [0.4, 0.5) is 0 Å². The molecule has 0 amide bonds. The molecule has 4 aromatic rings. The van der Waals surface area contributed by atoms with Gasteiger partial charge in [0.2, 0.25) is 0 Å². The first kappa shape index (κ1) is 38.7. The maximum absolute atomic E-state index is 14.3. The maximum Gasteiger partial charge on any atom is 0.347 e. The van der Waals surface area contributed by atoms with E-state index in [2.05, 4.69) is 36.8 Å². The molecule has 1 fully saturated rings. The lowest BCUT2D eigenvalue weighted by Gasteiger charge is -2.54. The molecule has 284 valence electrons. The van der Waals surface area contributed by atoms with Crippen LogP contribution in [-0.2, 0) is 36.1 Å². The fourth-order valence-corrected chi connectivity index (χ4v) is 10.1. The first-order valence-electron chi connectivity index (χ1n) is 16.0. The van der Waals surface area contributed by atoms with Gasteiger partial charge in [-0.3, -0.25) is 14.4 Å². The lowest BCUT2D eigenvalue weighted by atomic mass is 9.59. The predicted octanol–water partition coefficient (Wildman–Crippen LogP) is 5.02. The summed E-state index contributed by atoms with van der Waals surface area (Å²) in [7, 11) is 5.83. The lowest BCUT2D eigenvalue weighted by molar-refractivity contribution is -0.128. The van der Waals surface area contributed by atoms with Crippen LogP contribution in [-0.4, -0.2) is 71.2 Å². The second kappa shape index (κ2) is 13.6. The van der Waals surface area contributed by atoms with Gasteiger partial charge in [0.15, 0.2) is 34.6 Å². The monoisotopic (exact) mass is 947 g/mol. The van der Waals surface area contributed by atoms with Crippen LogP contribution in [0.2, 0.25) is 0 Å². The van der Waals surface area contributed by atoms with Gasteiger partial charge in [-0.1, -0.05) is 29.3 Å². The molecule has 0 saturated heterocycles. The van der Waals surface area contributed by atoms with Crippen molar-refractivity contribution in [2.45, 2.75) is 47.6 Å². The quantitative estimate of drug-likeness (QED) is 0.197. The number of allylic oxidation sites excluding steroid dienone is 4. The summed E-state index contributed by atoms with van der Waals surface area (Å²) in [6.45, 7) is -0.387. The van der Waals surface area contributed by atoms with Crippen LogP contribution in [0, 0.1) is 0 Å². The fourth-order valence-electron chi connectivity index (χ4n) is 7.62. The fraction of sp³-hybridized carbons (Fsp3) is 0.353. The minimum Gasteiger partial charge on any atom is -0.503 e. The molecule has 0 spiro atoms. The van der Waals surface area contributed by atoms with E-state index in [0.29, 0.717) is 28.1 Å². The molecule has 14 nitrogen and oxygen atoms in total. The molecule has 4 unspecified atom stereocenters. The number of rotatable bonds is 7. The molecule has 20 heteroatoms. The van der Waals surface area contributed by atoms with Crippen LogP contribution in [0.5, 0.6) is 23.0 Å². The maximum atomic E-state index is 14.3. The average Bonchev–Trinajstić information content (AvgIpc) is 3.41. The second-order valence-corrected chi connectivity index (χ2v) is 16.4. The summed E-state index contributed by atoms with van der Waals surface area (Å²) < 4.78 is 21.2. The number of carbonyl (C=O) groups is 2. The molecule has 1 saturated carbocycles. The van der Waals surface area contributed by atoms with Gasteiger partial charge < -0.3 is 23.9 Å². The summed E-state index contributed by atoms with van der Waals surface area (Å²) in [6.07, 6.45) is 1.09. The first-order valence-corrected chi connectivity index (χ1v) is 19.1. The van der Waals surface area contributed by atoms with Crippen molar-refractivity contribution in [1.29, 1.82) is 0 Å². The average molecular weight is 951 g/mol. The van der Waals surface area contributed by atoms with Crippen LogP contribution in [0.25, 0.3) is 11.0 Å². The number of aryl methyl sites for hydroxylation is 2. The highest BCUT2D eigenvalue weighted by molar-refractivity contribution is 9.13. The topological polar surface area (TPSA) is 166 Å². The number of methoxy groups -OCH3 is 3. The van der Waals surface area contributed by atoms with Crippen molar-refractivity contribution in [3.63, 3.8) is 0 Å². The van der Waals surface area contributed by atoms with Crippen molar-refractivity contribution in [3.8, 4) is 23.0 Å². The van der Waals surface area contributed by atoms with E-state index in [1.807, 2.05) is 0 Å². The highest BCUT2D eigenvalue weighted by Gasteiger charge is 2.71. The van der Waals surface area contributed by atoms with Crippen LogP contribution in [0.15, 0.2) is 63.2 Å². The van der Waals surface area contributed by atoms with E-state index < -0.39 is 66.7 Å². The molecule has 7 rings (SSSR count). The summed E-state index contributed by atoms with van der Waals surface area (Å²) in [4.78, 5) is 69.8. The van der Waals surface area contributed by atoms with Gasteiger partial charge in [0, 0.05) is 49.0 Å². The number of ketones is 2. The molecule has 0 radical (unpaired) electrons. The van der Waals surface area contributed by atoms with E-state index in [4.69, 9.17) is 60.6 Å². The van der Waals surface area contributed by atoms with E-state index in [9.17, 15) is 29.1 Å². The number of benzene rings is 2. The van der Waals surface area contributed by atoms with Gasteiger partial charge in [-0.05, 0) is 49.1 Å². The number of phenols is 1. The zero-order valence-corrected chi connectivity index (χ0v) is 34.7. The van der Waals surface area contributed by atoms with Gasteiger partial charge in [0.25, 0.3) is 5.56 Å². The van der Waals surface area contributed by atoms with E-state index in [1.165, 1.54) is 41.3 Å². The Morgan fingerprint density at radius 3 is 2.19 bits per heavy atom. The van der Waals surface area contributed by atoms with Gasteiger partial charge in [-0.25, -0.2) is 28.5 Å². The molecule has 2 aromatic carbocycles. The second-order valence-electron chi connectivity index (χ2n) is 12.8. The number of halogens is 6. The summed E-state index contributed by atoms with van der Waals surface area (Å²) in [5, 5.41) is 9.51. The van der Waals surface area contributed by atoms with E-state index in [1.54, 1.807) is 25.3 Å². The Labute approximate surface area is 341 Å². The Morgan fingerprint density at radius 1 is 0.907 bits per heavy atom. The number of ether oxygens (including phenoxy) is 3. The smallest absolute Gasteiger partial charge is 0.347 e. The normalized spacial score (nSPS) is 23.6. The number of fused-ring (bicyclic) bond motifs is 5. The summed E-state index contributed by atoms with van der Waals surface area (Å²) >= 11 is 34.1. The Morgan fingerprint density at radius 2 is 1.54 bits per heavy atom. The summed E-state index contributed by atoms with van der Waals surface area (Å²) in [5.74, 6) is -2.67. The Balaban J connectivity index is 1.37. The molecular weight excluding hydrogens is 924 g/mol. The molecular formula is C34H27Br2Cl4N5O9. The number of carbonyl (C=O) groups excluding carboxylic acids is 2. The molecule has 3 heterocycles. The Hall–Kier alpha value is -3.54. The van der Waals surface area contributed by atoms with Crippen molar-refractivity contribution in [3.05, 3.63) is 91.4 Å². The highest BCUT2D eigenvalue weighted by atomic mass is 79.9. The molecule has 3 aliphatic rings. The molecule has 4 atom stereocenters. The molecule has 2 aromatic heterocycles. The predicted molar refractivity (Wildman–Crippen MR) is 207 cm³/mol. The largest absolute Gasteiger partial charge is 0.503 e. The van der Waals surface area contributed by atoms with Gasteiger partial charge in [-0.2, -0.15) is 0 Å². The first-order chi connectivity index (χ1) is 25.5. The van der Waals surface area contributed by atoms with Crippen molar-refractivity contribution < 1.29 is 28.9 Å². The summed E-state index contributed by atoms with van der Waals surface area (Å²) in [5.41, 5.74) is -0.340. The minimum atomic E-state index is -2.31. The van der Waals surface area contributed by atoms with Crippen LogP contribution >= 0.6 is 78.3 Å². The zero-order valence-electron chi connectivity index (χ0n) is 28.5. The van der Waals surface area contributed by atoms with Gasteiger partial charge >= 0.3 is 11.4 Å². The Bertz CT molecular complexity index is 2610. The molecule has 2 aliphatic carbocycles. The van der Waals surface area contributed by atoms with E-state index >= 15 is 0 Å². The number of hydrogen-bond acceptors (Lipinski definition) is 10. The van der Waals surface area contributed by atoms with Crippen LogP contribution < -0.4 is 31.1 Å². The molecule has 1 N–H and O–H groups in total. The number of nitrogens with zero attached hydrogens (tertiary/aromatic N) is 5. The van der Waals surface area contributed by atoms with Crippen LogP contribution in [0.1, 0.15) is 29.6 Å². The van der Waals surface area contributed by atoms with E-state index in [0.717, 1.165) is 4.57 Å². The lowest BCUT2D eigenvalue weighted by Crippen LogP contribution is -2.67. The third-order valence-corrected chi connectivity index (χ3v) is 14.7. The van der Waals surface area contributed by atoms with E-state index in [-0.39, 0.29) is 51.2 Å². The number of hydrogen-bond donors (Lipinski definition) is 1. The SMILES string of the molecule is COc1cc2nc(CCn3c(=O)n4n(c3=O)C3CC5(Cl)C(=O)C(Cl)=C(Cl)C(=O)C5(Cl)C(c5cc(OC)c(O)c(Br)c5Br)C3=CC4)c(=O)n(C)c2cc1OC. The van der Waals surface area contributed by atoms with Crippen LogP contribution in [0.3, 0.4) is 0 Å². The number of Topliss-reactive ketones (excluding diaryl/α,β-unsaturated/α-hetero) is 2. The van der Waals surface area contributed by atoms with Crippen molar-refractivity contribution in [2.75, 3.05) is 21.3 Å². The van der Waals surface area contributed by atoms with Crippen molar-refractivity contribution in [2.24, 2.45) is 7.05 Å². The minimum absolute atomic E-state index is 0.0143. The molecule has 54 heavy (non-hydrogen) atoms. The number of phenolic OH excluding ortho intramolecular Hbond substituents is 1. The Kier molecular flexibility index (Phi) is 9.74. The van der Waals surface area contributed by atoms with Crippen molar-refractivity contribution >= 4 is 101 Å². The molecule has 0 bridgehead atoms. The van der Waals surface area contributed by atoms with Crippen molar-refractivity contribution in [1.82, 2.24) is 23.5 Å². The summed E-state index contributed by atoms with van der Waals surface area (Å²) in [6, 6.07) is 3.54. The number of aromatic hydroxyl groups is 1. The number of aromatic nitrogens is 5.